The molecule has 1 rings (SSSR count). The second-order valence-corrected chi connectivity index (χ2v) is 5.38. The lowest BCUT2D eigenvalue weighted by atomic mass is 10.2. The lowest BCUT2D eigenvalue weighted by Gasteiger charge is -2.01. The van der Waals surface area contributed by atoms with Gasteiger partial charge in [-0.2, -0.15) is 0 Å². The molecule has 14 heavy (non-hydrogen) atoms. The van der Waals surface area contributed by atoms with Crippen molar-refractivity contribution in [2.45, 2.75) is 18.7 Å². The molecule has 0 aliphatic heterocycles. The number of hydrogen-bond acceptors (Lipinski definition) is 1. The van der Waals surface area contributed by atoms with Crippen molar-refractivity contribution in [2.24, 2.45) is 5.92 Å². The smallest absolute Gasteiger partial charge is 0.106 e. The van der Waals surface area contributed by atoms with Crippen LogP contribution < -0.4 is 0 Å². The summed E-state index contributed by atoms with van der Waals surface area (Å²) in [7, 11) is -1.22. The van der Waals surface area contributed by atoms with E-state index < -0.39 is 10.8 Å². The summed E-state index contributed by atoms with van der Waals surface area (Å²) in [6.07, 6.45) is 1.81. The van der Waals surface area contributed by atoms with Gasteiger partial charge in [0, 0.05) is 4.90 Å². The summed E-state index contributed by atoms with van der Waals surface area (Å²) in [5.41, 5.74) is 0. The third kappa shape index (κ3) is 3.28. The molecule has 0 radical (unpaired) electrons. The zero-order valence-corrected chi connectivity index (χ0v) is 9.81. The van der Waals surface area contributed by atoms with Crippen LogP contribution in [0.15, 0.2) is 45.7 Å². The van der Waals surface area contributed by atoms with Crippen molar-refractivity contribution >= 4 is 22.4 Å². The van der Waals surface area contributed by atoms with E-state index in [1.54, 1.807) is 0 Å². The lowest BCUT2D eigenvalue weighted by molar-refractivity contribution is 0.687. The molecule has 1 aromatic rings. The number of allylic oxidation sites excluding steroid dienone is 1. The van der Waals surface area contributed by atoms with Gasteiger partial charge in [-0.1, -0.05) is 49.7 Å². The van der Waals surface area contributed by atoms with Crippen molar-refractivity contribution in [3.8, 4) is 0 Å². The summed E-state index contributed by atoms with van der Waals surface area (Å²) >= 11 is 5.92. The minimum atomic E-state index is -1.22. The van der Waals surface area contributed by atoms with Crippen LogP contribution in [0.1, 0.15) is 13.8 Å². The van der Waals surface area contributed by atoms with Crippen molar-refractivity contribution in [3.63, 3.8) is 0 Å². The highest BCUT2D eigenvalue weighted by Crippen LogP contribution is 2.18. The number of halogens is 1. The van der Waals surface area contributed by atoms with Gasteiger partial charge in [-0.3, -0.25) is 0 Å². The van der Waals surface area contributed by atoms with E-state index in [2.05, 4.69) is 0 Å². The van der Waals surface area contributed by atoms with Gasteiger partial charge in [-0.25, -0.2) is 4.21 Å². The molecule has 0 aliphatic rings. The first-order chi connectivity index (χ1) is 6.61. The van der Waals surface area contributed by atoms with Crippen molar-refractivity contribution < 1.29 is 4.21 Å². The van der Waals surface area contributed by atoms with E-state index in [4.69, 9.17) is 11.6 Å². The van der Waals surface area contributed by atoms with Gasteiger partial charge >= 0.3 is 0 Å². The minimum Gasteiger partial charge on any atom is -0.248 e. The molecule has 1 aromatic carbocycles. The summed E-state index contributed by atoms with van der Waals surface area (Å²) in [6.45, 7) is 4.01. The monoisotopic (exact) mass is 228 g/mol. The van der Waals surface area contributed by atoms with Crippen LogP contribution in [0.25, 0.3) is 0 Å². The van der Waals surface area contributed by atoms with E-state index in [0.29, 0.717) is 10.3 Å². The fourth-order valence-electron chi connectivity index (χ4n) is 0.981. The van der Waals surface area contributed by atoms with Crippen molar-refractivity contribution in [1.82, 2.24) is 0 Å². The molecule has 0 saturated heterocycles. The minimum absolute atomic E-state index is 0.315. The van der Waals surface area contributed by atoms with E-state index in [1.165, 1.54) is 0 Å². The quantitative estimate of drug-likeness (QED) is 0.774. The topological polar surface area (TPSA) is 17.1 Å². The first kappa shape index (κ1) is 11.5. The molecule has 1 atom stereocenters. The molecule has 0 bridgehead atoms. The molecule has 0 fully saturated rings. The average Bonchev–Trinajstić information content (AvgIpc) is 2.17. The highest BCUT2D eigenvalue weighted by molar-refractivity contribution is 7.90. The Morgan fingerprint density at radius 3 is 2.43 bits per heavy atom. The molecular formula is C11H13ClOS. The summed E-state index contributed by atoms with van der Waals surface area (Å²) < 4.78 is 12.2. The van der Waals surface area contributed by atoms with Gasteiger partial charge in [0.25, 0.3) is 0 Å². The summed E-state index contributed by atoms with van der Waals surface area (Å²) in [5, 5.41) is 0. The van der Waals surface area contributed by atoms with Crippen molar-refractivity contribution in [1.29, 1.82) is 0 Å². The third-order valence-corrected chi connectivity index (χ3v) is 3.34. The van der Waals surface area contributed by atoms with Crippen LogP contribution in [-0.2, 0) is 10.8 Å². The Kier molecular flexibility index (Phi) is 4.36. The molecular weight excluding hydrogens is 216 g/mol. The number of benzene rings is 1. The van der Waals surface area contributed by atoms with Gasteiger partial charge < -0.3 is 0 Å². The van der Waals surface area contributed by atoms with Gasteiger partial charge in [0.1, 0.15) is 4.36 Å². The van der Waals surface area contributed by atoms with E-state index in [1.807, 2.05) is 50.3 Å². The highest BCUT2D eigenvalue weighted by atomic mass is 35.5. The zero-order chi connectivity index (χ0) is 10.6. The van der Waals surface area contributed by atoms with Gasteiger partial charge in [-0.05, 0) is 18.1 Å². The van der Waals surface area contributed by atoms with Gasteiger partial charge in [-0.15, -0.1) is 0 Å². The Morgan fingerprint density at radius 2 is 1.93 bits per heavy atom. The maximum absolute atomic E-state index is 11.8. The average molecular weight is 229 g/mol. The number of hydrogen-bond donors (Lipinski definition) is 0. The predicted molar refractivity (Wildman–Crippen MR) is 61.6 cm³/mol. The Morgan fingerprint density at radius 1 is 1.36 bits per heavy atom. The van der Waals surface area contributed by atoms with E-state index in [9.17, 15) is 4.21 Å². The molecule has 0 heterocycles. The van der Waals surface area contributed by atoms with Crippen LogP contribution in [0.4, 0.5) is 0 Å². The first-order valence-corrected chi connectivity index (χ1v) is 5.98. The maximum Gasteiger partial charge on any atom is 0.106 e. The molecule has 0 spiro atoms. The second-order valence-electron chi connectivity index (χ2n) is 3.30. The molecule has 0 aliphatic carbocycles. The molecule has 0 aromatic heterocycles. The Balaban J connectivity index is 2.87. The molecule has 3 heteroatoms. The van der Waals surface area contributed by atoms with Crippen molar-refractivity contribution in [2.75, 3.05) is 0 Å². The largest absolute Gasteiger partial charge is 0.248 e. The van der Waals surface area contributed by atoms with E-state index in [0.717, 1.165) is 4.90 Å². The summed E-state index contributed by atoms with van der Waals surface area (Å²) in [5.74, 6) is 0.315. The third-order valence-electron chi connectivity index (χ3n) is 1.60. The number of rotatable bonds is 3. The fraction of sp³-hybridized carbons (Fsp3) is 0.273. The van der Waals surface area contributed by atoms with Crippen LogP contribution in [-0.4, -0.2) is 4.21 Å². The molecule has 0 amide bonds. The van der Waals surface area contributed by atoms with Crippen molar-refractivity contribution in [3.05, 3.63) is 40.8 Å². The standard InChI is InChI=1S/C11H13ClOS/c1-9(2)8-11(12)14(13)10-6-4-3-5-7-10/h3-9H,1-2H3/b11-8+. The summed E-state index contributed by atoms with van der Waals surface area (Å²) in [6, 6.07) is 9.22. The maximum atomic E-state index is 11.8. The van der Waals surface area contributed by atoms with Crippen LogP contribution >= 0.6 is 11.6 Å². The highest BCUT2D eigenvalue weighted by Gasteiger charge is 2.07. The molecule has 0 saturated carbocycles. The SMILES string of the molecule is CC(C)/C=C(\Cl)S(=O)c1ccccc1. The van der Waals surface area contributed by atoms with E-state index in [-0.39, 0.29) is 0 Å². The van der Waals surface area contributed by atoms with Crippen LogP contribution in [0.2, 0.25) is 0 Å². The van der Waals surface area contributed by atoms with Crippen LogP contribution in [0.5, 0.6) is 0 Å². The Hall–Kier alpha value is -0.600. The first-order valence-electron chi connectivity index (χ1n) is 4.45. The molecule has 1 unspecified atom stereocenters. The Labute approximate surface area is 92.2 Å². The Bertz CT molecular complexity index is 344. The molecule has 0 N–H and O–H groups in total. The zero-order valence-electron chi connectivity index (χ0n) is 8.24. The van der Waals surface area contributed by atoms with Gasteiger partial charge in [0.15, 0.2) is 0 Å². The normalized spacial score (nSPS) is 14.4. The predicted octanol–water partition coefficient (Wildman–Crippen LogP) is 3.53. The summed E-state index contributed by atoms with van der Waals surface area (Å²) in [4.78, 5) is 0.745. The lowest BCUT2D eigenvalue weighted by Crippen LogP contribution is -1.92. The van der Waals surface area contributed by atoms with Crippen LogP contribution in [0, 0.1) is 5.92 Å². The van der Waals surface area contributed by atoms with E-state index >= 15 is 0 Å². The fourth-order valence-corrected chi connectivity index (χ4v) is 2.53. The van der Waals surface area contributed by atoms with Gasteiger partial charge in [0.2, 0.25) is 0 Å². The second kappa shape index (κ2) is 5.32. The van der Waals surface area contributed by atoms with Crippen LogP contribution in [0.3, 0.4) is 0 Å². The molecule has 76 valence electrons. The molecule has 1 nitrogen and oxygen atoms in total. The van der Waals surface area contributed by atoms with Gasteiger partial charge in [0.05, 0.1) is 10.8 Å².